The molecule has 2 atom stereocenters. The predicted molar refractivity (Wildman–Crippen MR) is 155 cm³/mol. The van der Waals surface area contributed by atoms with Crippen LogP contribution in [0.1, 0.15) is 60.9 Å². The maximum absolute atomic E-state index is 14.6. The molecule has 1 saturated carbocycles. The average molecular weight is 597 g/mol. The zero-order valence-corrected chi connectivity index (χ0v) is 24.5. The Hall–Kier alpha value is -3.68. The number of carbonyl (C=O) groups excluding carboxylic acids is 1. The van der Waals surface area contributed by atoms with E-state index in [2.05, 4.69) is 10.2 Å². The molecule has 1 amide bonds. The Labute approximate surface area is 244 Å². The standard InChI is InChI=1S/C29H33FN6O5S/c1-16-4-5-18(30)14-21(16)23(41-20-8-6-19(37)7-9-20)15-34-28-24(17(2)27(42-28)36-31-11-12-32-36)26(39)35(29(34)40)22-10-13-33(3)25(22)38/h4-5,11-12,14,19-20,22-23,37H,6-10,13,15H2,1-3H3/t19-,20+,22-,23+/m1/s1. The topological polar surface area (TPSA) is 124 Å². The van der Waals surface area contributed by atoms with Crippen LogP contribution < -0.4 is 11.2 Å². The first-order valence-corrected chi connectivity index (χ1v) is 14.9. The van der Waals surface area contributed by atoms with Gasteiger partial charge in [-0.3, -0.25) is 14.2 Å². The van der Waals surface area contributed by atoms with Crippen LogP contribution >= 0.6 is 11.3 Å². The molecule has 222 valence electrons. The highest BCUT2D eigenvalue weighted by molar-refractivity contribution is 7.21. The second kappa shape index (κ2) is 11.2. The van der Waals surface area contributed by atoms with Crippen molar-refractivity contribution in [2.45, 2.75) is 76.9 Å². The lowest BCUT2D eigenvalue weighted by Gasteiger charge is -2.31. The Morgan fingerprint density at radius 2 is 1.81 bits per heavy atom. The molecule has 1 aromatic carbocycles. The van der Waals surface area contributed by atoms with E-state index in [-0.39, 0.29) is 24.7 Å². The van der Waals surface area contributed by atoms with Crippen LogP contribution in [0.25, 0.3) is 15.2 Å². The molecule has 0 unspecified atom stereocenters. The molecule has 4 aromatic rings. The van der Waals surface area contributed by atoms with Crippen molar-refractivity contribution in [1.29, 1.82) is 0 Å². The van der Waals surface area contributed by atoms with Crippen LogP contribution in [0.2, 0.25) is 0 Å². The van der Waals surface area contributed by atoms with E-state index in [0.29, 0.717) is 65.0 Å². The van der Waals surface area contributed by atoms with Crippen molar-refractivity contribution in [2.75, 3.05) is 13.6 Å². The van der Waals surface area contributed by atoms with Gasteiger partial charge in [0.05, 0.1) is 36.5 Å². The van der Waals surface area contributed by atoms with Gasteiger partial charge in [-0.05, 0) is 69.2 Å². The van der Waals surface area contributed by atoms with E-state index < -0.39 is 29.2 Å². The molecule has 0 bridgehead atoms. The van der Waals surface area contributed by atoms with Gasteiger partial charge in [0.25, 0.3) is 5.56 Å². The Morgan fingerprint density at radius 1 is 1.10 bits per heavy atom. The van der Waals surface area contributed by atoms with Crippen molar-refractivity contribution in [2.24, 2.45) is 0 Å². The number of thiophene rings is 1. The number of benzene rings is 1. The van der Waals surface area contributed by atoms with Gasteiger partial charge in [-0.15, -0.1) is 4.80 Å². The number of carbonyl (C=O) groups is 1. The van der Waals surface area contributed by atoms with Crippen LogP contribution in [0.15, 0.2) is 40.2 Å². The third kappa shape index (κ3) is 4.99. The SMILES string of the molecule is Cc1ccc(F)cc1[C@H](Cn1c(=O)n([C@@H]2CCN(C)C2=O)c(=O)c2c(C)c(-n3nccn3)sc21)O[C@H]1CC[C@@H](O)CC1. The van der Waals surface area contributed by atoms with Gasteiger partial charge in [0, 0.05) is 19.2 Å². The number of likely N-dealkylation sites (N-methyl/N-ethyl adjacent to an activating group) is 1. The molecule has 6 rings (SSSR count). The smallest absolute Gasteiger partial charge is 0.332 e. The van der Waals surface area contributed by atoms with Crippen LogP contribution in [0.5, 0.6) is 0 Å². The first-order chi connectivity index (χ1) is 20.1. The summed E-state index contributed by atoms with van der Waals surface area (Å²) in [5.74, 6) is -0.721. The number of ether oxygens (including phenoxy) is 1. The summed E-state index contributed by atoms with van der Waals surface area (Å²) in [5.41, 5.74) is 0.832. The lowest BCUT2D eigenvalue weighted by molar-refractivity contribution is -0.129. The number of aromatic nitrogens is 5. The quantitative estimate of drug-likeness (QED) is 0.348. The molecule has 1 saturated heterocycles. The predicted octanol–water partition coefficient (Wildman–Crippen LogP) is 3.03. The van der Waals surface area contributed by atoms with Crippen molar-refractivity contribution in [3.63, 3.8) is 0 Å². The number of amides is 1. The van der Waals surface area contributed by atoms with E-state index in [4.69, 9.17) is 4.74 Å². The van der Waals surface area contributed by atoms with Crippen molar-refractivity contribution < 1.29 is 19.0 Å². The van der Waals surface area contributed by atoms with E-state index in [0.717, 1.165) is 10.1 Å². The molecule has 0 radical (unpaired) electrons. The third-order valence-corrected chi connectivity index (χ3v) is 9.75. The van der Waals surface area contributed by atoms with Crippen LogP contribution in [0.4, 0.5) is 4.39 Å². The van der Waals surface area contributed by atoms with Crippen LogP contribution in [-0.4, -0.2) is 65.8 Å². The summed E-state index contributed by atoms with van der Waals surface area (Å²) < 4.78 is 23.7. The largest absolute Gasteiger partial charge is 0.393 e. The molecule has 3 aromatic heterocycles. The number of aliphatic hydroxyl groups is 1. The van der Waals surface area contributed by atoms with Crippen molar-refractivity contribution in [3.05, 3.63) is 73.9 Å². The summed E-state index contributed by atoms with van der Waals surface area (Å²) in [5, 5.41) is 19.4. The summed E-state index contributed by atoms with van der Waals surface area (Å²) >= 11 is 1.21. The van der Waals surface area contributed by atoms with Gasteiger partial charge >= 0.3 is 5.69 Å². The van der Waals surface area contributed by atoms with Gasteiger partial charge < -0.3 is 14.7 Å². The molecule has 1 aliphatic heterocycles. The molecule has 2 fully saturated rings. The summed E-state index contributed by atoms with van der Waals surface area (Å²) in [6.07, 6.45) is 4.53. The van der Waals surface area contributed by atoms with Gasteiger partial charge in [0.2, 0.25) is 5.91 Å². The summed E-state index contributed by atoms with van der Waals surface area (Å²) in [7, 11) is 1.65. The number of halogens is 1. The molecule has 4 heterocycles. The van der Waals surface area contributed by atoms with Crippen LogP contribution in [0.3, 0.4) is 0 Å². The summed E-state index contributed by atoms with van der Waals surface area (Å²) in [4.78, 5) is 44.6. The van der Waals surface area contributed by atoms with Crippen molar-refractivity contribution in [3.8, 4) is 5.00 Å². The number of hydrogen-bond donors (Lipinski definition) is 1. The van der Waals surface area contributed by atoms with E-state index in [1.807, 2.05) is 6.92 Å². The highest BCUT2D eigenvalue weighted by Gasteiger charge is 2.36. The number of fused-ring (bicyclic) bond motifs is 1. The second-order valence-corrected chi connectivity index (χ2v) is 12.2. The first kappa shape index (κ1) is 28.4. The highest BCUT2D eigenvalue weighted by atomic mass is 32.1. The summed E-state index contributed by atoms with van der Waals surface area (Å²) in [6.45, 7) is 4.06. The molecule has 1 N–H and O–H groups in total. The average Bonchev–Trinajstić information content (AvgIpc) is 3.69. The van der Waals surface area contributed by atoms with E-state index >= 15 is 0 Å². The van der Waals surface area contributed by atoms with Crippen LogP contribution in [0, 0.1) is 19.7 Å². The minimum Gasteiger partial charge on any atom is -0.393 e. The Balaban J connectivity index is 1.55. The maximum atomic E-state index is 14.6. The van der Waals surface area contributed by atoms with Gasteiger partial charge in [-0.1, -0.05) is 17.4 Å². The Kier molecular flexibility index (Phi) is 7.58. The second-order valence-electron chi connectivity index (χ2n) is 11.2. The minimum absolute atomic E-state index is 0.0123. The number of likely N-dealkylation sites (tertiary alicyclic amines) is 1. The molecular formula is C29H33FN6O5S. The zero-order valence-electron chi connectivity index (χ0n) is 23.7. The molecule has 1 aliphatic carbocycles. The zero-order chi connectivity index (χ0) is 29.7. The van der Waals surface area contributed by atoms with Gasteiger partial charge in [0.1, 0.15) is 27.8 Å². The maximum Gasteiger partial charge on any atom is 0.332 e. The Bertz CT molecular complexity index is 1750. The lowest BCUT2D eigenvalue weighted by atomic mass is 9.94. The van der Waals surface area contributed by atoms with Gasteiger partial charge in [-0.2, -0.15) is 10.2 Å². The molecular weight excluding hydrogens is 563 g/mol. The number of hydrogen-bond acceptors (Lipinski definition) is 8. The fourth-order valence-corrected chi connectivity index (χ4v) is 7.32. The Morgan fingerprint density at radius 3 is 2.48 bits per heavy atom. The number of aliphatic hydroxyl groups excluding tert-OH is 1. The fourth-order valence-electron chi connectivity index (χ4n) is 6.10. The minimum atomic E-state index is -0.925. The lowest BCUT2D eigenvalue weighted by Crippen LogP contribution is -2.45. The number of nitrogens with zero attached hydrogens (tertiary/aromatic N) is 6. The van der Waals surface area contributed by atoms with Crippen molar-refractivity contribution >= 4 is 27.5 Å². The normalized spacial score (nSPS) is 21.9. The molecule has 2 aliphatic rings. The third-order valence-electron chi connectivity index (χ3n) is 8.47. The molecule has 42 heavy (non-hydrogen) atoms. The monoisotopic (exact) mass is 596 g/mol. The molecule has 0 spiro atoms. The van der Waals surface area contributed by atoms with E-state index in [1.54, 1.807) is 20.0 Å². The van der Waals surface area contributed by atoms with Crippen LogP contribution in [-0.2, 0) is 16.1 Å². The van der Waals surface area contributed by atoms with E-state index in [9.17, 15) is 23.9 Å². The summed E-state index contributed by atoms with van der Waals surface area (Å²) in [6, 6.07) is 3.55. The van der Waals surface area contributed by atoms with Gasteiger partial charge in [0.15, 0.2) is 0 Å². The highest BCUT2D eigenvalue weighted by Crippen LogP contribution is 2.34. The fraction of sp³-hybridized carbons (Fsp3) is 0.483. The van der Waals surface area contributed by atoms with Gasteiger partial charge in [-0.25, -0.2) is 13.8 Å². The van der Waals surface area contributed by atoms with E-state index in [1.165, 1.54) is 50.1 Å². The molecule has 11 nitrogen and oxygen atoms in total. The number of aryl methyl sites for hydroxylation is 2. The number of rotatable bonds is 7. The van der Waals surface area contributed by atoms with Crippen molar-refractivity contribution in [1.82, 2.24) is 29.0 Å². The molecule has 13 heteroatoms. The first-order valence-electron chi connectivity index (χ1n) is 14.1.